The van der Waals surface area contributed by atoms with Gasteiger partial charge in [0, 0.05) is 12.6 Å². The number of nitrogens with zero attached hydrogens (tertiary/aromatic N) is 3. The van der Waals surface area contributed by atoms with Crippen molar-refractivity contribution in [1.29, 1.82) is 5.41 Å². The third-order valence-electron chi connectivity index (χ3n) is 5.49. The van der Waals surface area contributed by atoms with Gasteiger partial charge in [0.1, 0.15) is 5.82 Å². The molecule has 0 saturated carbocycles. The molecule has 0 amide bonds. The molecule has 0 spiro atoms. The molecule has 1 aromatic carbocycles. The van der Waals surface area contributed by atoms with E-state index in [2.05, 4.69) is 22.0 Å². The fraction of sp³-hybridized carbons (Fsp3) is 0.409. The second kappa shape index (κ2) is 9.85. The zero-order valence-corrected chi connectivity index (χ0v) is 17.5. The van der Waals surface area contributed by atoms with Gasteiger partial charge in [-0.15, -0.1) is 12.4 Å². The van der Waals surface area contributed by atoms with E-state index in [0.29, 0.717) is 12.3 Å². The standard InChI is InChI=1S/C22H27N5O.ClH/c1-28-20(23)12-6-14-27(15-21-25-17-9-2-3-10-18(17)26-21)19-11-4-7-16-8-5-13-24-22(16)19;/h2-3,5,8-10,13,19,23H,4,6-7,11-12,14-15H2,1H3,(H,25,26);1H. The van der Waals surface area contributed by atoms with Gasteiger partial charge in [-0.25, -0.2) is 4.98 Å². The number of pyridine rings is 1. The predicted octanol–water partition coefficient (Wildman–Crippen LogP) is 4.66. The number of hydrogen-bond donors (Lipinski definition) is 2. The summed E-state index contributed by atoms with van der Waals surface area (Å²) in [7, 11) is 1.57. The van der Waals surface area contributed by atoms with Crippen LogP contribution in [0.5, 0.6) is 0 Å². The molecule has 3 aromatic rings. The lowest BCUT2D eigenvalue weighted by Gasteiger charge is -2.34. The molecule has 4 rings (SSSR count). The van der Waals surface area contributed by atoms with E-state index in [1.165, 1.54) is 17.7 Å². The molecule has 2 N–H and O–H groups in total. The summed E-state index contributed by atoms with van der Waals surface area (Å²) in [5, 5.41) is 7.77. The first-order valence-electron chi connectivity index (χ1n) is 9.97. The van der Waals surface area contributed by atoms with E-state index < -0.39 is 0 Å². The largest absolute Gasteiger partial charge is 0.484 e. The highest BCUT2D eigenvalue weighted by Gasteiger charge is 2.27. The molecule has 6 nitrogen and oxygen atoms in total. The van der Waals surface area contributed by atoms with Gasteiger partial charge in [0.05, 0.1) is 36.4 Å². The Morgan fingerprint density at radius 3 is 2.97 bits per heavy atom. The maximum Gasteiger partial charge on any atom is 0.180 e. The number of hydrogen-bond acceptors (Lipinski definition) is 5. The van der Waals surface area contributed by atoms with E-state index in [1.54, 1.807) is 7.11 Å². The molecule has 29 heavy (non-hydrogen) atoms. The van der Waals surface area contributed by atoms with Crippen molar-refractivity contribution in [1.82, 2.24) is 19.9 Å². The molecule has 1 atom stereocenters. The van der Waals surface area contributed by atoms with Crippen LogP contribution in [0.4, 0.5) is 0 Å². The van der Waals surface area contributed by atoms with Crippen LogP contribution in [0.25, 0.3) is 11.0 Å². The minimum atomic E-state index is 0. The van der Waals surface area contributed by atoms with Crippen LogP contribution in [0.1, 0.15) is 48.8 Å². The van der Waals surface area contributed by atoms with Crippen molar-refractivity contribution in [2.75, 3.05) is 13.7 Å². The lowest BCUT2D eigenvalue weighted by molar-refractivity contribution is 0.160. The van der Waals surface area contributed by atoms with Crippen LogP contribution in [-0.2, 0) is 17.7 Å². The van der Waals surface area contributed by atoms with Crippen molar-refractivity contribution in [3.05, 3.63) is 59.7 Å². The number of aryl methyl sites for hydroxylation is 1. The van der Waals surface area contributed by atoms with Gasteiger partial charge < -0.3 is 9.72 Å². The number of nitrogens with one attached hydrogen (secondary N) is 2. The van der Waals surface area contributed by atoms with Gasteiger partial charge in [-0.05, 0) is 56.0 Å². The predicted molar refractivity (Wildman–Crippen MR) is 118 cm³/mol. The van der Waals surface area contributed by atoms with Crippen molar-refractivity contribution in [3.8, 4) is 0 Å². The monoisotopic (exact) mass is 413 g/mol. The lowest BCUT2D eigenvalue weighted by atomic mass is 9.90. The summed E-state index contributed by atoms with van der Waals surface area (Å²) >= 11 is 0. The Morgan fingerprint density at radius 2 is 2.14 bits per heavy atom. The van der Waals surface area contributed by atoms with Crippen LogP contribution in [-0.4, -0.2) is 39.4 Å². The minimum absolute atomic E-state index is 0. The van der Waals surface area contributed by atoms with E-state index in [1.807, 2.05) is 30.5 Å². The van der Waals surface area contributed by atoms with Crippen LogP contribution in [0.3, 0.4) is 0 Å². The van der Waals surface area contributed by atoms with E-state index >= 15 is 0 Å². The molecule has 0 saturated heterocycles. The number of rotatable bonds is 7. The first-order valence-corrected chi connectivity index (χ1v) is 9.97. The number of halogens is 1. The van der Waals surface area contributed by atoms with Gasteiger partial charge in [0.15, 0.2) is 5.90 Å². The highest BCUT2D eigenvalue weighted by atomic mass is 35.5. The maximum absolute atomic E-state index is 7.77. The molecule has 2 aromatic heterocycles. The fourth-order valence-corrected chi connectivity index (χ4v) is 4.10. The number of H-pyrrole nitrogens is 1. The molecule has 1 aliphatic rings. The van der Waals surface area contributed by atoms with E-state index in [4.69, 9.17) is 20.1 Å². The summed E-state index contributed by atoms with van der Waals surface area (Å²) in [4.78, 5) is 15.4. The van der Waals surface area contributed by atoms with E-state index in [-0.39, 0.29) is 18.4 Å². The van der Waals surface area contributed by atoms with Gasteiger partial charge >= 0.3 is 0 Å². The zero-order valence-electron chi connectivity index (χ0n) is 16.7. The molecular formula is C22H28ClN5O. The Morgan fingerprint density at radius 1 is 1.28 bits per heavy atom. The summed E-state index contributed by atoms with van der Waals surface area (Å²) in [6.45, 7) is 1.62. The number of ether oxygens (including phenoxy) is 1. The summed E-state index contributed by atoms with van der Waals surface area (Å²) in [6, 6.07) is 12.7. The number of methoxy groups -OCH3 is 1. The van der Waals surface area contributed by atoms with Crippen molar-refractivity contribution < 1.29 is 4.74 Å². The molecule has 0 aliphatic heterocycles. The first kappa shape index (κ1) is 21.3. The summed E-state index contributed by atoms with van der Waals surface area (Å²) in [5.74, 6) is 1.32. The van der Waals surface area contributed by atoms with Gasteiger partial charge in [0.2, 0.25) is 0 Å². The van der Waals surface area contributed by atoms with E-state index in [0.717, 1.165) is 49.2 Å². The third-order valence-corrected chi connectivity index (χ3v) is 5.49. The highest BCUT2D eigenvalue weighted by Crippen LogP contribution is 2.33. The van der Waals surface area contributed by atoms with E-state index in [9.17, 15) is 0 Å². The number of aromatic amines is 1. The third kappa shape index (κ3) is 4.95. The fourth-order valence-electron chi connectivity index (χ4n) is 4.10. The Bertz CT molecular complexity index is 924. The number of imidazole rings is 1. The smallest absolute Gasteiger partial charge is 0.180 e. The van der Waals surface area contributed by atoms with Crippen LogP contribution in [0, 0.1) is 5.41 Å². The van der Waals surface area contributed by atoms with Gasteiger partial charge in [0.25, 0.3) is 0 Å². The highest BCUT2D eigenvalue weighted by molar-refractivity contribution is 5.85. The van der Waals surface area contributed by atoms with Crippen LogP contribution < -0.4 is 0 Å². The topological polar surface area (TPSA) is 77.9 Å². The molecule has 0 radical (unpaired) electrons. The molecular weight excluding hydrogens is 386 g/mol. The Balaban J connectivity index is 0.00000240. The van der Waals surface area contributed by atoms with Gasteiger partial charge in [-0.1, -0.05) is 18.2 Å². The zero-order chi connectivity index (χ0) is 19.3. The summed E-state index contributed by atoms with van der Waals surface area (Å²) in [5.41, 5.74) is 4.63. The quantitative estimate of drug-likeness (QED) is 0.436. The number of para-hydroxylation sites is 2. The lowest BCUT2D eigenvalue weighted by Crippen LogP contribution is -2.33. The normalized spacial score (nSPS) is 15.7. The molecule has 154 valence electrons. The van der Waals surface area contributed by atoms with Crippen molar-refractivity contribution >= 4 is 29.3 Å². The Kier molecular flexibility index (Phi) is 7.23. The van der Waals surface area contributed by atoms with Crippen LogP contribution in [0.2, 0.25) is 0 Å². The SMILES string of the molecule is COC(=N)CCCN(Cc1nc2ccccc2[nH]1)C1CCCc2cccnc21.Cl. The van der Waals surface area contributed by atoms with Crippen molar-refractivity contribution in [2.24, 2.45) is 0 Å². The van der Waals surface area contributed by atoms with Gasteiger partial charge in [-0.3, -0.25) is 15.3 Å². The molecule has 1 unspecified atom stereocenters. The molecule has 0 fully saturated rings. The summed E-state index contributed by atoms with van der Waals surface area (Å²) < 4.78 is 5.03. The minimum Gasteiger partial charge on any atom is -0.484 e. The maximum atomic E-state index is 7.77. The first-order chi connectivity index (χ1) is 13.7. The van der Waals surface area contributed by atoms with Crippen molar-refractivity contribution in [2.45, 2.75) is 44.7 Å². The number of benzene rings is 1. The van der Waals surface area contributed by atoms with Gasteiger partial charge in [-0.2, -0.15) is 0 Å². The molecule has 2 heterocycles. The molecule has 1 aliphatic carbocycles. The summed E-state index contributed by atoms with van der Waals surface area (Å²) in [6.07, 6.45) is 6.81. The Hall–Kier alpha value is -2.44. The molecule has 0 bridgehead atoms. The number of fused-ring (bicyclic) bond motifs is 2. The molecule has 7 heteroatoms. The average molecular weight is 414 g/mol. The van der Waals surface area contributed by atoms with Crippen LogP contribution in [0.15, 0.2) is 42.6 Å². The van der Waals surface area contributed by atoms with Crippen LogP contribution >= 0.6 is 12.4 Å². The number of aromatic nitrogens is 3. The average Bonchev–Trinajstić information content (AvgIpc) is 3.15. The Labute approximate surface area is 177 Å². The second-order valence-corrected chi connectivity index (χ2v) is 7.36. The van der Waals surface area contributed by atoms with Crippen molar-refractivity contribution in [3.63, 3.8) is 0 Å². The second-order valence-electron chi connectivity index (χ2n) is 7.36.